The molecule has 4 rings (SSSR count). The first-order valence-electron chi connectivity index (χ1n) is 13.6. The van der Waals surface area contributed by atoms with Crippen LogP contribution < -0.4 is 10.1 Å². The molecule has 1 aromatic heterocycles. The number of carbonyl (C=O) groups is 1. The molecule has 36 heavy (non-hydrogen) atoms. The molecule has 1 amide bonds. The lowest BCUT2D eigenvalue weighted by molar-refractivity contribution is -0.126. The van der Waals surface area contributed by atoms with E-state index in [1.54, 1.807) is 7.11 Å². The van der Waals surface area contributed by atoms with E-state index >= 15 is 0 Å². The Morgan fingerprint density at radius 2 is 1.86 bits per heavy atom. The summed E-state index contributed by atoms with van der Waals surface area (Å²) in [5, 5.41) is 3.72. The van der Waals surface area contributed by atoms with Crippen LogP contribution in [0.25, 0.3) is 11.5 Å². The number of carbonyl (C=O) groups excluding carboxylic acids is 1. The van der Waals surface area contributed by atoms with E-state index in [2.05, 4.69) is 15.1 Å². The molecule has 2 aliphatic rings. The van der Waals surface area contributed by atoms with Crippen molar-refractivity contribution in [1.29, 1.82) is 0 Å². The number of ether oxygens (including phenoxy) is 1. The summed E-state index contributed by atoms with van der Waals surface area (Å²) >= 11 is 6.40. The lowest BCUT2D eigenvalue weighted by atomic mass is 9.95. The van der Waals surface area contributed by atoms with Gasteiger partial charge in [0.25, 0.3) is 0 Å². The summed E-state index contributed by atoms with van der Waals surface area (Å²) in [4.78, 5) is 22.2. The topological polar surface area (TPSA) is 70.8 Å². The van der Waals surface area contributed by atoms with Crippen molar-refractivity contribution in [3.63, 3.8) is 0 Å². The lowest BCUT2D eigenvalue weighted by Crippen LogP contribution is -2.41. The minimum Gasteiger partial charge on any atom is -0.496 e. The number of nitrogens with zero attached hydrogens (tertiary/aromatic N) is 3. The van der Waals surface area contributed by atoms with Gasteiger partial charge >= 0.3 is 0 Å². The number of likely N-dealkylation sites (tertiary alicyclic amines) is 2. The number of benzene rings is 1. The number of hydrogen-bond donors (Lipinski definition) is 1. The van der Waals surface area contributed by atoms with Crippen LogP contribution in [0.5, 0.6) is 5.75 Å². The molecule has 2 fully saturated rings. The quantitative estimate of drug-likeness (QED) is 0.439. The molecule has 0 radical (unpaired) electrons. The maximum Gasteiger partial charge on any atom is 0.231 e. The largest absolute Gasteiger partial charge is 0.496 e. The van der Waals surface area contributed by atoms with Gasteiger partial charge in [-0.3, -0.25) is 9.69 Å². The van der Waals surface area contributed by atoms with Gasteiger partial charge in [-0.25, -0.2) is 4.98 Å². The summed E-state index contributed by atoms with van der Waals surface area (Å²) in [6.07, 6.45) is 6.77. The Bertz CT molecular complexity index is 950. The highest BCUT2D eigenvalue weighted by Gasteiger charge is 2.26. The summed E-state index contributed by atoms with van der Waals surface area (Å²) in [5.74, 6) is 2.22. The van der Waals surface area contributed by atoms with E-state index in [1.807, 2.05) is 39.0 Å². The van der Waals surface area contributed by atoms with Crippen molar-refractivity contribution in [2.75, 3.05) is 46.4 Å². The zero-order valence-corrected chi connectivity index (χ0v) is 23.2. The molecule has 1 N–H and O–H groups in total. The van der Waals surface area contributed by atoms with Crippen molar-refractivity contribution < 1.29 is 13.9 Å². The number of aromatic nitrogens is 1. The van der Waals surface area contributed by atoms with Gasteiger partial charge in [0.05, 0.1) is 23.4 Å². The van der Waals surface area contributed by atoms with Crippen molar-refractivity contribution in [2.45, 2.75) is 65.8 Å². The van der Waals surface area contributed by atoms with Crippen LogP contribution in [0.3, 0.4) is 0 Å². The van der Waals surface area contributed by atoms with Crippen LogP contribution in [0, 0.1) is 12.8 Å². The van der Waals surface area contributed by atoms with Crippen LogP contribution in [0.4, 0.5) is 0 Å². The van der Waals surface area contributed by atoms with Gasteiger partial charge in [0.2, 0.25) is 11.8 Å². The van der Waals surface area contributed by atoms with E-state index in [-0.39, 0.29) is 11.8 Å². The third-order valence-electron chi connectivity index (χ3n) is 7.03. The number of hydrogen-bond acceptors (Lipinski definition) is 6. The number of oxazole rings is 1. The first-order valence-corrected chi connectivity index (χ1v) is 13.9. The van der Waals surface area contributed by atoms with E-state index in [9.17, 15) is 4.79 Å². The van der Waals surface area contributed by atoms with Gasteiger partial charge in [-0.05, 0) is 83.9 Å². The molecule has 0 aliphatic carbocycles. The molecular weight excluding hydrogens is 476 g/mol. The fourth-order valence-corrected chi connectivity index (χ4v) is 5.22. The minimum absolute atomic E-state index is 0.104. The van der Waals surface area contributed by atoms with E-state index < -0.39 is 0 Å². The number of amides is 1. The second-order valence-electron chi connectivity index (χ2n) is 9.44. The van der Waals surface area contributed by atoms with Gasteiger partial charge in [0.15, 0.2) is 0 Å². The highest BCUT2D eigenvalue weighted by molar-refractivity contribution is 6.33. The zero-order valence-electron chi connectivity index (χ0n) is 22.4. The number of nitrogens with one attached hydrogen (secondary N) is 1. The van der Waals surface area contributed by atoms with Gasteiger partial charge in [0.1, 0.15) is 11.5 Å². The molecule has 8 heteroatoms. The monoisotopic (exact) mass is 518 g/mol. The Labute approximate surface area is 221 Å². The molecule has 0 saturated carbocycles. The van der Waals surface area contributed by atoms with E-state index in [0.717, 1.165) is 56.9 Å². The third kappa shape index (κ3) is 7.70. The molecule has 0 unspecified atom stereocenters. The molecule has 0 spiro atoms. The summed E-state index contributed by atoms with van der Waals surface area (Å²) in [6, 6.07) is 5.50. The number of piperidine rings is 2. The van der Waals surface area contributed by atoms with Crippen LogP contribution in [0.1, 0.15) is 63.8 Å². The molecule has 7 nitrogen and oxygen atoms in total. The lowest BCUT2D eigenvalue weighted by Gasteiger charge is -2.31. The smallest absolute Gasteiger partial charge is 0.231 e. The molecule has 0 bridgehead atoms. The second kappa shape index (κ2) is 14.6. The Morgan fingerprint density at radius 3 is 2.56 bits per heavy atom. The van der Waals surface area contributed by atoms with Gasteiger partial charge in [-0.1, -0.05) is 37.9 Å². The first kappa shape index (κ1) is 28.5. The van der Waals surface area contributed by atoms with Crippen LogP contribution in [0.2, 0.25) is 5.02 Å². The maximum absolute atomic E-state index is 12.6. The predicted octanol–water partition coefficient (Wildman–Crippen LogP) is 5.54. The second-order valence-corrected chi connectivity index (χ2v) is 9.84. The summed E-state index contributed by atoms with van der Waals surface area (Å²) in [6.45, 7) is 12.7. The fraction of sp³-hybridized carbons (Fsp3) is 0.643. The average molecular weight is 519 g/mol. The normalized spacial score (nSPS) is 17.4. The van der Waals surface area contributed by atoms with Crippen LogP contribution in [-0.2, 0) is 11.3 Å². The fourth-order valence-electron chi connectivity index (χ4n) is 4.97. The Hall–Kier alpha value is -2.09. The Balaban J connectivity index is 0.00000176. The maximum atomic E-state index is 12.6. The Kier molecular flexibility index (Phi) is 11.5. The van der Waals surface area contributed by atoms with E-state index in [0.29, 0.717) is 28.8 Å². The molecule has 2 saturated heterocycles. The zero-order chi connectivity index (χ0) is 25.9. The van der Waals surface area contributed by atoms with Crippen molar-refractivity contribution in [3.8, 4) is 17.2 Å². The van der Waals surface area contributed by atoms with E-state index in [4.69, 9.17) is 25.7 Å². The summed E-state index contributed by atoms with van der Waals surface area (Å²) < 4.78 is 11.4. The molecule has 3 heterocycles. The molecule has 2 aliphatic heterocycles. The van der Waals surface area contributed by atoms with Gasteiger partial charge in [-0.2, -0.15) is 0 Å². The van der Waals surface area contributed by atoms with Crippen molar-refractivity contribution in [2.24, 2.45) is 5.92 Å². The van der Waals surface area contributed by atoms with Gasteiger partial charge < -0.3 is 19.4 Å². The molecule has 1 aromatic carbocycles. The SMILES string of the molecule is CC.COc1cccc(Cl)c1-c1nc(CN2CCC(C(=O)NCCCN3CCCCC3)CC2)c(C)o1. The average Bonchev–Trinajstić information content (AvgIpc) is 3.27. The summed E-state index contributed by atoms with van der Waals surface area (Å²) in [7, 11) is 1.61. The van der Waals surface area contributed by atoms with Crippen LogP contribution in [-0.4, -0.2) is 67.1 Å². The first-order chi connectivity index (χ1) is 17.5. The predicted molar refractivity (Wildman–Crippen MR) is 146 cm³/mol. The van der Waals surface area contributed by atoms with Gasteiger partial charge in [-0.15, -0.1) is 0 Å². The molecular formula is C28H43ClN4O3. The molecule has 2 aromatic rings. The number of halogens is 1. The van der Waals surface area contributed by atoms with Crippen molar-refractivity contribution >= 4 is 17.5 Å². The highest BCUT2D eigenvalue weighted by atomic mass is 35.5. The van der Waals surface area contributed by atoms with Crippen LogP contribution >= 0.6 is 11.6 Å². The minimum atomic E-state index is 0.104. The van der Waals surface area contributed by atoms with Crippen LogP contribution in [0.15, 0.2) is 22.6 Å². The number of methoxy groups -OCH3 is 1. The number of aryl methyl sites for hydroxylation is 1. The Morgan fingerprint density at radius 1 is 1.14 bits per heavy atom. The van der Waals surface area contributed by atoms with Crippen molar-refractivity contribution in [3.05, 3.63) is 34.7 Å². The molecule has 0 atom stereocenters. The third-order valence-corrected chi connectivity index (χ3v) is 7.35. The number of rotatable bonds is 9. The van der Waals surface area contributed by atoms with E-state index in [1.165, 1.54) is 32.4 Å². The van der Waals surface area contributed by atoms with Crippen molar-refractivity contribution in [1.82, 2.24) is 20.1 Å². The summed E-state index contributed by atoms with van der Waals surface area (Å²) in [5.41, 5.74) is 1.58. The van der Waals surface area contributed by atoms with Gasteiger partial charge in [0, 0.05) is 19.0 Å². The highest BCUT2D eigenvalue weighted by Crippen LogP contribution is 2.36. The standard InChI is InChI=1S/C26H37ClN4O3.C2H6/c1-19-22(29-26(34-19)24-21(27)8-6-9-23(24)33-2)18-31-16-10-20(11-17-31)25(32)28-12-7-15-30-13-4-3-5-14-30;1-2/h6,8-9,20H,3-5,7,10-18H2,1-2H3,(H,28,32);1-2H3. The molecule has 200 valence electrons.